The minimum absolute atomic E-state index is 0.134. The Kier molecular flexibility index (Phi) is 4.75. The number of nitrogens with zero attached hydrogens (tertiary/aromatic N) is 1. The van der Waals surface area contributed by atoms with Gasteiger partial charge in [-0.15, -0.1) is 0 Å². The minimum atomic E-state index is -2.65. The molecule has 7 heteroatoms. The Morgan fingerprint density at radius 1 is 1.08 bits per heavy atom. The third kappa shape index (κ3) is 3.83. The Morgan fingerprint density at radius 2 is 1.80 bits per heavy atom. The lowest BCUT2D eigenvalue weighted by molar-refractivity contribution is -0.211. The van der Waals surface area contributed by atoms with E-state index in [4.69, 9.17) is 14.2 Å². The third-order valence-electron chi connectivity index (χ3n) is 6.07. The maximum Gasteiger partial charge on any atom is 0.249 e. The molecule has 1 spiro atoms. The van der Waals surface area contributed by atoms with Crippen molar-refractivity contribution in [3.05, 3.63) is 0 Å². The van der Waals surface area contributed by atoms with Crippen LogP contribution in [0.5, 0.6) is 0 Å². The lowest BCUT2D eigenvalue weighted by Gasteiger charge is -2.54. The van der Waals surface area contributed by atoms with Crippen molar-refractivity contribution in [3.63, 3.8) is 0 Å². The van der Waals surface area contributed by atoms with Crippen molar-refractivity contribution in [2.24, 2.45) is 11.8 Å². The molecular formula is C18H27F2NO4. The molecule has 25 heavy (non-hydrogen) atoms. The summed E-state index contributed by atoms with van der Waals surface area (Å²) in [7, 11) is 0. The molecule has 1 atom stereocenters. The number of carbonyl (C=O) groups excluding carboxylic acids is 1. The van der Waals surface area contributed by atoms with Gasteiger partial charge in [-0.3, -0.25) is 4.79 Å². The van der Waals surface area contributed by atoms with E-state index >= 15 is 0 Å². The molecule has 0 radical (unpaired) electrons. The maximum atomic E-state index is 13.0. The van der Waals surface area contributed by atoms with Gasteiger partial charge < -0.3 is 19.1 Å². The summed E-state index contributed by atoms with van der Waals surface area (Å²) in [6.45, 7) is 4.09. The van der Waals surface area contributed by atoms with Crippen LogP contribution in [-0.2, 0) is 19.0 Å². The number of halogens is 2. The molecule has 0 aromatic rings. The van der Waals surface area contributed by atoms with Crippen molar-refractivity contribution in [1.29, 1.82) is 0 Å². The SMILES string of the molecule is O=C(C1CC(F)(F)C1)N1CC2(CC(OCC3CCOCC3)CCO2)C1. The first-order valence-corrected chi connectivity index (χ1v) is 9.45. The van der Waals surface area contributed by atoms with Crippen LogP contribution in [0.4, 0.5) is 8.78 Å². The third-order valence-corrected chi connectivity index (χ3v) is 6.07. The number of hydrogen-bond acceptors (Lipinski definition) is 4. The summed E-state index contributed by atoms with van der Waals surface area (Å²) < 4.78 is 43.3. The molecule has 4 rings (SSSR count). The fourth-order valence-corrected chi connectivity index (χ4v) is 4.43. The van der Waals surface area contributed by atoms with E-state index in [1.54, 1.807) is 4.90 Å². The van der Waals surface area contributed by atoms with E-state index < -0.39 is 11.8 Å². The molecular weight excluding hydrogens is 332 g/mol. The van der Waals surface area contributed by atoms with Crippen molar-refractivity contribution in [2.75, 3.05) is 39.5 Å². The van der Waals surface area contributed by atoms with Crippen LogP contribution < -0.4 is 0 Å². The van der Waals surface area contributed by atoms with Gasteiger partial charge in [0, 0.05) is 51.6 Å². The second-order valence-electron chi connectivity index (χ2n) is 8.19. The molecule has 3 aliphatic heterocycles. The fraction of sp³-hybridized carbons (Fsp3) is 0.944. The molecule has 0 aromatic heterocycles. The Bertz CT molecular complexity index is 495. The maximum absolute atomic E-state index is 13.0. The molecule has 1 unspecified atom stereocenters. The predicted octanol–water partition coefficient (Wildman–Crippen LogP) is 2.23. The van der Waals surface area contributed by atoms with Crippen molar-refractivity contribution in [1.82, 2.24) is 4.90 Å². The molecule has 5 nitrogen and oxygen atoms in total. The van der Waals surface area contributed by atoms with Crippen LogP contribution in [0.25, 0.3) is 0 Å². The second-order valence-corrected chi connectivity index (χ2v) is 8.19. The number of alkyl halides is 2. The van der Waals surface area contributed by atoms with Gasteiger partial charge in [-0.25, -0.2) is 8.78 Å². The van der Waals surface area contributed by atoms with Crippen molar-refractivity contribution >= 4 is 5.91 Å². The van der Waals surface area contributed by atoms with Crippen LogP contribution in [-0.4, -0.2) is 68.0 Å². The molecule has 0 N–H and O–H groups in total. The zero-order valence-corrected chi connectivity index (χ0v) is 14.6. The van der Waals surface area contributed by atoms with Gasteiger partial charge in [0.1, 0.15) is 5.60 Å². The van der Waals surface area contributed by atoms with Crippen LogP contribution in [0, 0.1) is 11.8 Å². The quantitative estimate of drug-likeness (QED) is 0.772. The van der Waals surface area contributed by atoms with E-state index in [0.29, 0.717) is 25.6 Å². The first-order valence-electron chi connectivity index (χ1n) is 9.45. The smallest absolute Gasteiger partial charge is 0.249 e. The Balaban J connectivity index is 1.21. The number of amides is 1. The van der Waals surface area contributed by atoms with E-state index in [0.717, 1.165) is 45.5 Å². The van der Waals surface area contributed by atoms with Crippen LogP contribution in [0.2, 0.25) is 0 Å². The molecule has 4 fully saturated rings. The standard InChI is InChI=1S/C18H27F2NO4/c19-18(20)7-14(8-18)16(22)21-11-17(12-21)9-15(3-6-25-17)24-10-13-1-4-23-5-2-13/h13-15H,1-12H2. The summed E-state index contributed by atoms with van der Waals surface area (Å²) in [5.74, 6) is -2.71. The fourth-order valence-electron chi connectivity index (χ4n) is 4.43. The molecule has 3 saturated heterocycles. The normalized spacial score (nSPS) is 32.2. The largest absolute Gasteiger partial charge is 0.381 e. The van der Waals surface area contributed by atoms with Crippen LogP contribution in [0.1, 0.15) is 38.5 Å². The topological polar surface area (TPSA) is 48.0 Å². The van der Waals surface area contributed by atoms with Gasteiger partial charge in [-0.1, -0.05) is 0 Å². The van der Waals surface area contributed by atoms with E-state index in [2.05, 4.69) is 0 Å². The summed E-state index contributed by atoms with van der Waals surface area (Å²) >= 11 is 0. The molecule has 1 amide bonds. The number of ether oxygens (including phenoxy) is 3. The van der Waals surface area contributed by atoms with Gasteiger partial charge in [0.15, 0.2) is 0 Å². The molecule has 1 saturated carbocycles. The van der Waals surface area contributed by atoms with Gasteiger partial charge in [-0.2, -0.15) is 0 Å². The first kappa shape index (κ1) is 17.6. The number of likely N-dealkylation sites (tertiary alicyclic amines) is 1. The van der Waals surface area contributed by atoms with Gasteiger partial charge in [0.25, 0.3) is 0 Å². The molecule has 0 aromatic carbocycles. The summed E-state index contributed by atoms with van der Waals surface area (Å²) in [6.07, 6.45) is 3.36. The molecule has 4 aliphatic rings. The zero-order valence-electron chi connectivity index (χ0n) is 14.6. The average molecular weight is 359 g/mol. The average Bonchev–Trinajstić information content (AvgIpc) is 2.56. The van der Waals surface area contributed by atoms with E-state index in [1.165, 1.54) is 0 Å². The Hall–Kier alpha value is -0.790. The molecule has 1 aliphatic carbocycles. The molecule has 142 valence electrons. The van der Waals surface area contributed by atoms with Crippen molar-refractivity contribution in [3.8, 4) is 0 Å². The lowest BCUT2D eigenvalue weighted by atomic mass is 9.77. The lowest BCUT2D eigenvalue weighted by Crippen LogP contribution is -2.68. The first-order chi connectivity index (χ1) is 11.9. The predicted molar refractivity (Wildman–Crippen MR) is 85.5 cm³/mol. The second kappa shape index (κ2) is 6.74. The summed E-state index contributed by atoms with van der Waals surface area (Å²) in [4.78, 5) is 13.9. The highest BCUT2D eigenvalue weighted by Gasteiger charge is 2.55. The van der Waals surface area contributed by atoms with E-state index in [-0.39, 0.29) is 30.5 Å². The van der Waals surface area contributed by atoms with Gasteiger partial charge in [-0.05, 0) is 25.2 Å². The number of rotatable bonds is 4. The van der Waals surface area contributed by atoms with Gasteiger partial charge in [0.05, 0.1) is 19.2 Å². The number of carbonyl (C=O) groups is 1. The van der Waals surface area contributed by atoms with E-state index in [9.17, 15) is 13.6 Å². The van der Waals surface area contributed by atoms with Gasteiger partial charge >= 0.3 is 0 Å². The summed E-state index contributed by atoms with van der Waals surface area (Å²) in [5, 5.41) is 0. The summed E-state index contributed by atoms with van der Waals surface area (Å²) in [5.41, 5.74) is -0.319. The van der Waals surface area contributed by atoms with Crippen molar-refractivity contribution in [2.45, 2.75) is 56.2 Å². The van der Waals surface area contributed by atoms with Gasteiger partial charge in [0.2, 0.25) is 11.8 Å². The number of hydrogen-bond donors (Lipinski definition) is 0. The minimum Gasteiger partial charge on any atom is -0.381 e. The Labute approximate surface area is 147 Å². The van der Waals surface area contributed by atoms with Crippen LogP contribution in [0.3, 0.4) is 0 Å². The monoisotopic (exact) mass is 359 g/mol. The highest BCUT2D eigenvalue weighted by Crippen LogP contribution is 2.45. The van der Waals surface area contributed by atoms with Crippen molar-refractivity contribution < 1.29 is 27.8 Å². The highest BCUT2D eigenvalue weighted by molar-refractivity contribution is 5.81. The highest BCUT2D eigenvalue weighted by atomic mass is 19.3. The van der Waals surface area contributed by atoms with Crippen LogP contribution >= 0.6 is 0 Å². The summed E-state index contributed by atoms with van der Waals surface area (Å²) in [6, 6.07) is 0. The van der Waals surface area contributed by atoms with Crippen LogP contribution in [0.15, 0.2) is 0 Å². The molecule has 0 bridgehead atoms. The molecule has 3 heterocycles. The van der Waals surface area contributed by atoms with E-state index in [1.807, 2.05) is 0 Å². The Morgan fingerprint density at radius 3 is 2.48 bits per heavy atom. The zero-order chi connectivity index (χ0) is 17.5.